The van der Waals surface area contributed by atoms with E-state index in [2.05, 4.69) is 21.2 Å². The summed E-state index contributed by atoms with van der Waals surface area (Å²) in [7, 11) is 0. The number of ether oxygens (including phenoxy) is 1. The molecular weight excluding hydrogens is 356 g/mol. The molecule has 4 nitrogen and oxygen atoms in total. The fourth-order valence-electron chi connectivity index (χ4n) is 1.79. The smallest absolute Gasteiger partial charge is 0.237 e. The van der Waals surface area contributed by atoms with Crippen LogP contribution in [-0.4, -0.2) is 24.6 Å². The molecule has 3 N–H and O–H groups in total. The number of benzene rings is 1. The van der Waals surface area contributed by atoms with E-state index in [1.54, 1.807) is 0 Å². The van der Waals surface area contributed by atoms with E-state index in [9.17, 15) is 4.79 Å². The highest BCUT2D eigenvalue weighted by molar-refractivity contribution is 9.10. The second-order valence-electron chi connectivity index (χ2n) is 5.34. The standard InChI is InChI=1S/C15H23BrN2O2.ClH/c1-10(2)8-13(17)15(19)18-9-11(3)20-14-7-5-4-6-12(14)16;/h4-7,10-11,13H,8-9,17H2,1-3H3,(H,18,19);1H/t11?,13-;/m0./s1. The Kier molecular flexibility index (Phi) is 9.66. The van der Waals surface area contributed by atoms with Crippen molar-refractivity contribution in [1.82, 2.24) is 5.32 Å². The van der Waals surface area contributed by atoms with Crippen LogP contribution < -0.4 is 15.8 Å². The lowest BCUT2D eigenvalue weighted by Gasteiger charge is -2.18. The van der Waals surface area contributed by atoms with Crippen LogP contribution in [0, 0.1) is 5.92 Å². The first-order chi connectivity index (χ1) is 9.40. The van der Waals surface area contributed by atoms with Crippen molar-refractivity contribution in [3.63, 3.8) is 0 Å². The van der Waals surface area contributed by atoms with Gasteiger partial charge in [-0.05, 0) is 47.3 Å². The largest absolute Gasteiger partial charge is 0.488 e. The first kappa shape index (κ1) is 20.2. The fraction of sp³-hybridized carbons (Fsp3) is 0.533. The highest BCUT2D eigenvalue weighted by atomic mass is 79.9. The number of carbonyl (C=O) groups is 1. The maximum atomic E-state index is 11.8. The third kappa shape index (κ3) is 7.69. The number of rotatable bonds is 7. The van der Waals surface area contributed by atoms with Crippen LogP contribution in [0.5, 0.6) is 5.75 Å². The average Bonchev–Trinajstić information content (AvgIpc) is 2.38. The number of carbonyl (C=O) groups excluding carboxylic acids is 1. The first-order valence-electron chi connectivity index (χ1n) is 6.84. The van der Waals surface area contributed by atoms with E-state index in [1.165, 1.54) is 0 Å². The first-order valence-corrected chi connectivity index (χ1v) is 7.64. The Morgan fingerprint density at radius 3 is 2.52 bits per heavy atom. The minimum absolute atomic E-state index is 0. The molecule has 0 aromatic heterocycles. The molecular formula is C15H24BrClN2O2. The zero-order valence-corrected chi connectivity index (χ0v) is 15.0. The monoisotopic (exact) mass is 378 g/mol. The number of para-hydroxylation sites is 1. The molecule has 0 aliphatic carbocycles. The zero-order valence-electron chi connectivity index (χ0n) is 12.6. The second kappa shape index (κ2) is 10.0. The molecule has 1 rings (SSSR count). The minimum Gasteiger partial charge on any atom is -0.488 e. The quantitative estimate of drug-likeness (QED) is 0.765. The number of hydrogen-bond acceptors (Lipinski definition) is 3. The van der Waals surface area contributed by atoms with E-state index in [-0.39, 0.29) is 24.4 Å². The van der Waals surface area contributed by atoms with Gasteiger partial charge in [-0.25, -0.2) is 0 Å². The van der Waals surface area contributed by atoms with E-state index >= 15 is 0 Å². The summed E-state index contributed by atoms with van der Waals surface area (Å²) in [5.41, 5.74) is 5.82. The van der Waals surface area contributed by atoms with Gasteiger partial charge in [0, 0.05) is 0 Å². The van der Waals surface area contributed by atoms with Gasteiger partial charge in [0.15, 0.2) is 0 Å². The molecule has 0 aliphatic rings. The Morgan fingerprint density at radius 2 is 1.95 bits per heavy atom. The van der Waals surface area contributed by atoms with Gasteiger partial charge < -0.3 is 15.8 Å². The van der Waals surface area contributed by atoms with E-state index < -0.39 is 6.04 Å². The highest BCUT2D eigenvalue weighted by Crippen LogP contribution is 2.24. The van der Waals surface area contributed by atoms with Gasteiger partial charge >= 0.3 is 0 Å². The number of nitrogens with one attached hydrogen (secondary N) is 1. The Bertz CT molecular complexity index is 443. The van der Waals surface area contributed by atoms with Gasteiger partial charge in [-0.3, -0.25) is 4.79 Å². The predicted octanol–water partition coefficient (Wildman–Crippen LogP) is 3.13. The Hall–Kier alpha value is -0.780. The lowest BCUT2D eigenvalue weighted by Crippen LogP contribution is -2.44. The molecule has 6 heteroatoms. The summed E-state index contributed by atoms with van der Waals surface area (Å²) in [6.07, 6.45) is 0.564. The van der Waals surface area contributed by atoms with Crippen molar-refractivity contribution in [2.24, 2.45) is 11.7 Å². The Labute approximate surface area is 141 Å². The van der Waals surface area contributed by atoms with Crippen LogP contribution in [-0.2, 0) is 4.79 Å². The van der Waals surface area contributed by atoms with Crippen molar-refractivity contribution in [2.45, 2.75) is 39.3 Å². The molecule has 120 valence electrons. The molecule has 0 saturated carbocycles. The molecule has 0 spiro atoms. The van der Waals surface area contributed by atoms with Gasteiger partial charge in [-0.2, -0.15) is 0 Å². The van der Waals surface area contributed by atoms with Gasteiger partial charge in [-0.1, -0.05) is 26.0 Å². The van der Waals surface area contributed by atoms with Crippen molar-refractivity contribution in [1.29, 1.82) is 0 Å². The summed E-state index contributed by atoms with van der Waals surface area (Å²) in [5, 5.41) is 2.82. The molecule has 0 bridgehead atoms. The topological polar surface area (TPSA) is 64.4 Å². The molecule has 0 heterocycles. The lowest BCUT2D eigenvalue weighted by atomic mass is 10.0. The average molecular weight is 380 g/mol. The second-order valence-corrected chi connectivity index (χ2v) is 6.19. The van der Waals surface area contributed by atoms with E-state index in [1.807, 2.05) is 45.0 Å². The summed E-state index contributed by atoms with van der Waals surface area (Å²) in [6.45, 7) is 6.44. The van der Waals surface area contributed by atoms with Gasteiger partial charge in [0.2, 0.25) is 5.91 Å². The van der Waals surface area contributed by atoms with Gasteiger partial charge in [0.25, 0.3) is 0 Å². The summed E-state index contributed by atoms with van der Waals surface area (Å²) in [6, 6.07) is 7.18. The van der Waals surface area contributed by atoms with E-state index in [4.69, 9.17) is 10.5 Å². The van der Waals surface area contributed by atoms with Crippen molar-refractivity contribution in [3.05, 3.63) is 28.7 Å². The molecule has 1 unspecified atom stereocenters. The van der Waals surface area contributed by atoms with Gasteiger partial charge in [0.1, 0.15) is 11.9 Å². The number of hydrogen-bond donors (Lipinski definition) is 2. The third-order valence-electron chi connectivity index (χ3n) is 2.79. The lowest BCUT2D eigenvalue weighted by molar-refractivity contribution is -0.123. The van der Waals surface area contributed by atoms with E-state index in [0.29, 0.717) is 18.9 Å². The SMILES string of the molecule is CC(C)C[C@H](N)C(=O)NCC(C)Oc1ccccc1Br.Cl. The number of nitrogens with two attached hydrogens (primary N) is 1. The molecule has 1 aromatic carbocycles. The van der Waals surface area contributed by atoms with E-state index in [0.717, 1.165) is 10.2 Å². The van der Waals surface area contributed by atoms with Crippen LogP contribution in [0.4, 0.5) is 0 Å². The van der Waals surface area contributed by atoms with Gasteiger partial charge in [-0.15, -0.1) is 12.4 Å². The number of halogens is 2. The maximum Gasteiger partial charge on any atom is 0.237 e. The van der Waals surface area contributed by atoms with Crippen molar-refractivity contribution >= 4 is 34.2 Å². The van der Waals surface area contributed by atoms with Crippen molar-refractivity contribution in [3.8, 4) is 5.75 Å². The predicted molar refractivity (Wildman–Crippen MR) is 91.9 cm³/mol. The van der Waals surface area contributed by atoms with Crippen LogP contribution in [0.3, 0.4) is 0 Å². The van der Waals surface area contributed by atoms with Crippen LogP contribution >= 0.6 is 28.3 Å². The summed E-state index contributed by atoms with van der Waals surface area (Å²) >= 11 is 3.42. The normalized spacial score (nSPS) is 13.2. The van der Waals surface area contributed by atoms with Crippen LogP contribution in [0.15, 0.2) is 28.7 Å². The van der Waals surface area contributed by atoms with Crippen molar-refractivity contribution in [2.75, 3.05) is 6.54 Å². The summed E-state index contributed by atoms with van der Waals surface area (Å²) in [4.78, 5) is 11.8. The maximum absolute atomic E-state index is 11.8. The zero-order chi connectivity index (χ0) is 15.1. The third-order valence-corrected chi connectivity index (χ3v) is 3.45. The molecule has 0 saturated heterocycles. The molecule has 0 radical (unpaired) electrons. The molecule has 2 atom stereocenters. The number of amides is 1. The molecule has 1 amide bonds. The fourth-order valence-corrected chi connectivity index (χ4v) is 2.17. The summed E-state index contributed by atoms with van der Waals surface area (Å²) < 4.78 is 6.65. The minimum atomic E-state index is -0.453. The molecule has 1 aromatic rings. The van der Waals surface area contributed by atoms with Crippen LogP contribution in [0.1, 0.15) is 27.2 Å². The summed E-state index contributed by atoms with van der Waals surface area (Å²) in [5.74, 6) is 1.05. The molecule has 21 heavy (non-hydrogen) atoms. The highest BCUT2D eigenvalue weighted by Gasteiger charge is 2.16. The molecule has 0 fully saturated rings. The Morgan fingerprint density at radius 1 is 1.33 bits per heavy atom. The Balaban J connectivity index is 0.00000400. The molecule has 0 aliphatic heterocycles. The van der Waals surface area contributed by atoms with Crippen LogP contribution in [0.2, 0.25) is 0 Å². The van der Waals surface area contributed by atoms with Crippen molar-refractivity contribution < 1.29 is 9.53 Å². The van der Waals surface area contributed by atoms with Gasteiger partial charge in [0.05, 0.1) is 17.1 Å². The van der Waals surface area contributed by atoms with Crippen LogP contribution in [0.25, 0.3) is 0 Å².